The fraction of sp³-hybridized carbons (Fsp3) is 0.364. The number of benzene rings is 2. The maximum Gasteiger partial charge on any atom is 0.246 e. The molecule has 1 amide bonds. The smallest absolute Gasteiger partial charge is 0.246 e. The predicted octanol–water partition coefficient (Wildman–Crippen LogP) is 3.97. The van der Waals surface area contributed by atoms with Crippen LogP contribution < -0.4 is 5.32 Å². The zero-order valence-corrected chi connectivity index (χ0v) is 17.5. The van der Waals surface area contributed by atoms with Crippen molar-refractivity contribution in [1.82, 2.24) is 15.2 Å². The van der Waals surface area contributed by atoms with E-state index >= 15 is 0 Å². The van der Waals surface area contributed by atoms with Gasteiger partial charge in [-0.25, -0.2) is 4.98 Å². The number of hydrogen-bond acceptors (Lipinski definition) is 5. The lowest BCUT2D eigenvalue weighted by atomic mass is 10.1. The molecule has 3 aromatic rings. The number of fused-ring (bicyclic) bond motifs is 1. The van der Waals surface area contributed by atoms with E-state index in [4.69, 9.17) is 4.74 Å². The van der Waals surface area contributed by atoms with Crippen LogP contribution in [0, 0.1) is 0 Å². The number of aromatic nitrogens is 1. The van der Waals surface area contributed by atoms with Gasteiger partial charge in [-0.15, -0.1) is 11.3 Å². The number of thiazole rings is 1. The Bertz CT molecular complexity index is 890. The van der Waals surface area contributed by atoms with Crippen LogP contribution in [-0.4, -0.2) is 35.5 Å². The van der Waals surface area contributed by atoms with E-state index in [-0.39, 0.29) is 12.5 Å². The van der Waals surface area contributed by atoms with Crippen LogP contribution >= 0.6 is 11.3 Å². The number of carbonyl (C=O) groups excluding carboxylic acids is 1. The molecule has 0 saturated heterocycles. The van der Waals surface area contributed by atoms with Crippen molar-refractivity contribution in [2.75, 3.05) is 13.7 Å². The lowest BCUT2D eigenvalue weighted by molar-refractivity contribution is -0.126. The monoisotopic (exact) mass is 397 g/mol. The van der Waals surface area contributed by atoms with Crippen LogP contribution in [0.25, 0.3) is 10.2 Å². The summed E-state index contributed by atoms with van der Waals surface area (Å²) < 4.78 is 6.69. The van der Waals surface area contributed by atoms with E-state index in [1.165, 1.54) is 5.56 Å². The largest absolute Gasteiger partial charge is 0.364 e. The van der Waals surface area contributed by atoms with Gasteiger partial charge in [0.05, 0.1) is 16.8 Å². The third-order valence-corrected chi connectivity index (χ3v) is 5.70. The van der Waals surface area contributed by atoms with Gasteiger partial charge < -0.3 is 10.1 Å². The van der Waals surface area contributed by atoms with Gasteiger partial charge in [0.15, 0.2) is 0 Å². The number of para-hydroxylation sites is 1. The molecule has 5 nitrogen and oxygen atoms in total. The molecule has 1 N–H and O–H groups in total. The van der Waals surface area contributed by atoms with Crippen LogP contribution in [0.3, 0.4) is 0 Å². The Hall–Kier alpha value is -2.28. The van der Waals surface area contributed by atoms with Crippen LogP contribution in [-0.2, 0) is 29.2 Å². The van der Waals surface area contributed by atoms with E-state index in [1.54, 1.807) is 11.3 Å². The van der Waals surface area contributed by atoms with Crippen LogP contribution in [0.4, 0.5) is 0 Å². The number of nitrogens with one attached hydrogen (secondary N) is 1. The highest BCUT2D eigenvalue weighted by atomic mass is 32.1. The molecule has 3 rings (SSSR count). The number of ether oxygens (including phenoxy) is 1. The fourth-order valence-corrected chi connectivity index (χ4v) is 3.70. The molecule has 1 aromatic heterocycles. The summed E-state index contributed by atoms with van der Waals surface area (Å²) in [6, 6.07) is 16.7. The van der Waals surface area contributed by atoms with Gasteiger partial charge in [-0.3, -0.25) is 9.69 Å². The van der Waals surface area contributed by atoms with E-state index in [9.17, 15) is 4.79 Å². The second-order valence-electron chi connectivity index (χ2n) is 7.12. The average molecular weight is 398 g/mol. The molecule has 0 saturated carbocycles. The standard InChI is InChI=1S/C22H27N3O2S/c1-16(2)25(3)13-18-9-5-4-8-17(18)12-23-21(26)14-27-15-22-24-19-10-6-7-11-20(19)28-22/h4-11,16H,12-15H2,1-3H3,(H,23,26). The van der Waals surface area contributed by atoms with Crippen molar-refractivity contribution in [3.05, 3.63) is 64.7 Å². The van der Waals surface area contributed by atoms with E-state index < -0.39 is 0 Å². The Kier molecular flexibility index (Phi) is 7.14. The molecule has 0 bridgehead atoms. The number of hydrogen-bond donors (Lipinski definition) is 1. The first-order valence-corrected chi connectivity index (χ1v) is 10.3. The summed E-state index contributed by atoms with van der Waals surface area (Å²) >= 11 is 1.60. The zero-order valence-electron chi connectivity index (χ0n) is 16.6. The van der Waals surface area contributed by atoms with Crippen molar-refractivity contribution in [2.24, 2.45) is 0 Å². The van der Waals surface area contributed by atoms with Crippen molar-refractivity contribution >= 4 is 27.5 Å². The van der Waals surface area contributed by atoms with Gasteiger partial charge in [0.2, 0.25) is 5.91 Å². The lowest BCUT2D eigenvalue weighted by Crippen LogP contribution is -2.29. The number of amides is 1. The van der Waals surface area contributed by atoms with Gasteiger partial charge >= 0.3 is 0 Å². The summed E-state index contributed by atoms with van der Waals surface area (Å²) in [5, 5.41) is 3.84. The van der Waals surface area contributed by atoms with E-state index in [0.29, 0.717) is 19.2 Å². The van der Waals surface area contributed by atoms with Gasteiger partial charge in [0.1, 0.15) is 11.6 Å². The predicted molar refractivity (Wildman–Crippen MR) is 114 cm³/mol. The first-order chi connectivity index (χ1) is 13.5. The molecule has 0 fully saturated rings. The minimum Gasteiger partial charge on any atom is -0.364 e. The van der Waals surface area contributed by atoms with Gasteiger partial charge in [-0.1, -0.05) is 36.4 Å². The van der Waals surface area contributed by atoms with Crippen LogP contribution in [0.5, 0.6) is 0 Å². The molecular formula is C22H27N3O2S. The highest BCUT2D eigenvalue weighted by Crippen LogP contribution is 2.21. The molecule has 0 aliphatic carbocycles. The molecule has 0 radical (unpaired) electrons. The second kappa shape index (κ2) is 9.78. The maximum absolute atomic E-state index is 12.2. The fourth-order valence-electron chi connectivity index (χ4n) is 2.79. The van der Waals surface area contributed by atoms with Crippen LogP contribution in [0.1, 0.15) is 30.0 Å². The summed E-state index contributed by atoms with van der Waals surface area (Å²) in [4.78, 5) is 19.0. The lowest BCUT2D eigenvalue weighted by Gasteiger charge is -2.22. The van der Waals surface area contributed by atoms with E-state index in [1.807, 2.05) is 36.4 Å². The van der Waals surface area contributed by atoms with Crippen molar-refractivity contribution in [3.8, 4) is 0 Å². The highest BCUT2D eigenvalue weighted by molar-refractivity contribution is 7.18. The molecular weight excluding hydrogens is 370 g/mol. The first-order valence-electron chi connectivity index (χ1n) is 9.49. The zero-order chi connectivity index (χ0) is 19.9. The van der Waals surface area contributed by atoms with Gasteiger partial charge in [0.25, 0.3) is 0 Å². The first kappa shape index (κ1) is 20.5. The number of rotatable bonds is 9. The molecule has 1 heterocycles. The van der Waals surface area contributed by atoms with Gasteiger partial charge in [0, 0.05) is 19.1 Å². The summed E-state index contributed by atoms with van der Waals surface area (Å²) in [5.41, 5.74) is 3.34. The Balaban J connectivity index is 1.46. The molecule has 2 aromatic carbocycles. The summed E-state index contributed by atoms with van der Waals surface area (Å²) in [7, 11) is 2.11. The minimum atomic E-state index is -0.117. The summed E-state index contributed by atoms with van der Waals surface area (Å²) in [6.07, 6.45) is 0. The molecule has 6 heteroatoms. The topological polar surface area (TPSA) is 54.5 Å². The molecule has 0 aliphatic heterocycles. The van der Waals surface area contributed by atoms with Crippen molar-refractivity contribution < 1.29 is 9.53 Å². The van der Waals surface area contributed by atoms with Crippen molar-refractivity contribution in [3.63, 3.8) is 0 Å². The highest BCUT2D eigenvalue weighted by Gasteiger charge is 2.10. The second-order valence-corrected chi connectivity index (χ2v) is 8.24. The van der Waals surface area contributed by atoms with Crippen LogP contribution in [0.15, 0.2) is 48.5 Å². The number of nitrogens with zero attached hydrogens (tertiary/aromatic N) is 2. The molecule has 0 spiro atoms. The van der Waals surface area contributed by atoms with Gasteiger partial charge in [-0.05, 0) is 44.2 Å². The van der Waals surface area contributed by atoms with Crippen molar-refractivity contribution in [2.45, 2.75) is 39.6 Å². The Morgan fingerprint density at radius 1 is 1.14 bits per heavy atom. The van der Waals surface area contributed by atoms with Gasteiger partial charge in [-0.2, -0.15) is 0 Å². The molecule has 0 aliphatic rings. The molecule has 0 atom stereocenters. The normalized spacial score (nSPS) is 11.5. The van der Waals surface area contributed by atoms with Crippen molar-refractivity contribution in [1.29, 1.82) is 0 Å². The van der Waals surface area contributed by atoms with E-state index in [0.717, 1.165) is 27.3 Å². The van der Waals surface area contributed by atoms with E-state index in [2.05, 4.69) is 48.2 Å². The molecule has 28 heavy (non-hydrogen) atoms. The maximum atomic E-state index is 12.2. The minimum absolute atomic E-state index is 0.0317. The summed E-state index contributed by atoms with van der Waals surface area (Å²) in [6.45, 7) is 6.09. The summed E-state index contributed by atoms with van der Waals surface area (Å²) in [5.74, 6) is -0.117. The Morgan fingerprint density at radius 2 is 1.86 bits per heavy atom. The third kappa shape index (κ3) is 5.61. The molecule has 0 unspecified atom stereocenters. The molecule has 148 valence electrons. The Morgan fingerprint density at radius 3 is 2.61 bits per heavy atom. The SMILES string of the molecule is CC(C)N(C)Cc1ccccc1CNC(=O)COCc1nc2ccccc2s1. The quantitative estimate of drug-likeness (QED) is 0.594. The van der Waals surface area contributed by atoms with Crippen LogP contribution in [0.2, 0.25) is 0 Å². The third-order valence-electron chi connectivity index (χ3n) is 4.69. The Labute approximate surface area is 170 Å². The number of carbonyl (C=O) groups is 1. The average Bonchev–Trinajstić information content (AvgIpc) is 3.10.